The van der Waals surface area contributed by atoms with Gasteiger partial charge in [-0.25, -0.2) is 9.49 Å². The van der Waals surface area contributed by atoms with E-state index in [0.717, 1.165) is 16.7 Å². The van der Waals surface area contributed by atoms with Crippen LogP contribution in [0.1, 0.15) is 39.6 Å². The van der Waals surface area contributed by atoms with E-state index in [1.165, 1.54) is 0 Å². The molecule has 3 heterocycles. The molecule has 9 heteroatoms. The molecule has 0 aliphatic heterocycles. The molecule has 33 heavy (non-hydrogen) atoms. The maximum absolute atomic E-state index is 13.8. The molecule has 0 unspecified atom stereocenters. The Morgan fingerprint density at radius 1 is 1.30 bits per heavy atom. The number of fused-ring (bicyclic) bond motifs is 1. The summed E-state index contributed by atoms with van der Waals surface area (Å²) in [5, 5.41) is 9.63. The van der Waals surface area contributed by atoms with E-state index < -0.39 is 11.7 Å². The van der Waals surface area contributed by atoms with Gasteiger partial charge in [0.05, 0.1) is 23.7 Å². The number of nitrogens with two attached hydrogens (primary N) is 1. The summed E-state index contributed by atoms with van der Waals surface area (Å²) >= 11 is 0. The van der Waals surface area contributed by atoms with Crippen molar-refractivity contribution in [2.45, 2.75) is 39.0 Å². The summed E-state index contributed by atoms with van der Waals surface area (Å²) in [7, 11) is 0. The summed E-state index contributed by atoms with van der Waals surface area (Å²) in [6.07, 6.45) is 2.77. The number of rotatable bonds is 5. The quantitative estimate of drug-likeness (QED) is 0.435. The Morgan fingerprint density at radius 2 is 2.09 bits per heavy atom. The molecule has 1 aliphatic rings. The van der Waals surface area contributed by atoms with E-state index in [0.29, 0.717) is 34.1 Å². The van der Waals surface area contributed by atoms with Gasteiger partial charge < -0.3 is 15.6 Å². The molecule has 1 amide bonds. The number of alkyl halides is 1. The molecule has 1 saturated carbocycles. The second-order valence-corrected chi connectivity index (χ2v) is 8.47. The zero-order chi connectivity index (χ0) is 23.3. The van der Waals surface area contributed by atoms with Crippen molar-refractivity contribution in [3.63, 3.8) is 0 Å². The molecule has 0 bridgehead atoms. The van der Waals surface area contributed by atoms with Gasteiger partial charge in [0.15, 0.2) is 5.82 Å². The van der Waals surface area contributed by atoms with E-state index in [4.69, 9.17) is 5.73 Å². The molecular formula is C24H23FN6O2. The van der Waals surface area contributed by atoms with Crippen molar-refractivity contribution in [2.24, 2.45) is 0 Å². The van der Waals surface area contributed by atoms with Crippen molar-refractivity contribution in [3.8, 4) is 11.1 Å². The number of aromatic amines is 1. The lowest BCUT2D eigenvalue weighted by atomic mass is 10.1. The van der Waals surface area contributed by atoms with Crippen LogP contribution in [0.2, 0.25) is 0 Å². The number of nitrogens with one attached hydrogen (secondary N) is 2. The SMILES string of the molecule is Cc1ccc(C)c(C(=O)NCc2ccc(-c3cn([C@@H]4C[C@@H]4F)c4c(=O)[nH]nc(N)c34)cn2)c1. The van der Waals surface area contributed by atoms with Gasteiger partial charge in [-0.3, -0.25) is 14.6 Å². The van der Waals surface area contributed by atoms with Crippen molar-refractivity contribution >= 4 is 22.6 Å². The lowest BCUT2D eigenvalue weighted by Crippen LogP contribution is -2.24. The fraction of sp³-hybridized carbons (Fsp3) is 0.250. The van der Waals surface area contributed by atoms with E-state index in [-0.39, 0.29) is 24.3 Å². The third-order valence-corrected chi connectivity index (χ3v) is 6.02. The Balaban J connectivity index is 1.41. The maximum atomic E-state index is 13.8. The Morgan fingerprint density at radius 3 is 2.79 bits per heavy atom. The first-order chi connectivity index (χ1) is 15.8. The number of anilines is 1. The summed E-state index contributed by atoms with van der Waals surface area (Å²) in [4.78, 5) is 29.5. The average Bonchev–Trinajstić information content (AvgIpc) is 3.39. The highest BCUT2D eigenvalue weighted by Gasteiger charge is 2.40. The predicted molar refractivity (Wildman–Crippen MR) is 124 cm³/mol. The molecule has 0 saturated heterocycles. The molecular weight excluding hydrogens is 423 g/mol. The molecule has 3 aromatic heterocycles. The van der Waals surface area contributed by atoms with Crippen molar-refractivity contribution in [3.05, 3.63) is 75.5 Å². The second kappa shape index (κ2) is 7.84. The molecule has 4 N–H and O–H groups in total. The van der Waals surface area contributed by atoms with Crippen molar-refractivity contribution in [1.29, 1.82) is 0 Å². The summed E-state index contributed by atoms with van der Waals surface area (Å²) in [5.74, 6) is 0.00713. The summed E-state index contributed by atoms with van der Waals surface area (Å²) < 4.78 is 15.4. The average molecular weight is 446 g/mol. The summed E-state index contributed by atoms with van der Waals surface area (Å²) in [6.45, 7) is 4.11. The highest BCUT2D eigenvalue weighted by atomic mass is 19.1. The van der Waals surface area contributed by atoms with Gasteiger partial charge >= 0.3 is 0 Å². The number of carbonyl (C=O) groups excluding carboxylic acids is 1. The third-order valence-electron chi connectivity index (χ3n) is 6.02. The van der Waals surface area contributed by atoms with Crippen LogP contribution in [0, 0.1) is 13.8 Å². The number of nitrogen functional groups attached to an aromatic ring is 1. The van der Waals surface area contributed by atoms with E-state index in [1.807, 2.05) is 38.1 Å². The highest BCUT2D eigenvalue weighted by molar-refractivity contribution is 6.02. The second-order valence-electron chi connectivity index (χ2n) is 8.47. The molecule has 5 rings (SSSR count). The minimum Gasteiger partial charge on any atom is -0.382 e. The minimum atomic E-state index is -0.983. The Hall–Kier alpha value is -4.01. The van der Waals surface area contributed by atoms with Crippen molar-refractivity contribution < 1.29 is 9.18 Å². The standard InChI is InChI=1S/C24H23FN6O2/c1-12-3-4-13(2)16(7-12)23(32)28-10-15-6-5-14(9-27-15)17-11-31(19-8-18(19)25)21-20(17)22(26)29-30-24(21)33/h3-7,9,11,18-19H,8,10H2,1-2H3,(H2,26,29)(H,28,32)(H,30,33)/t18-,19+/m0/s1. The molecule has 1 fully saturated rings. The normalized spacial score (nSPS) is 17.3. The van der Waals surface area contributed by atoms with Crippen LogP contribution in [0.5, 0.6) is 0 Å². The van der Waals surface area contributed by atoms with Gasteiger partial charge in [0.2, 0.25) is 0 Å². The molecule has 168 valence electrons. The number of nitrogens with zero attached hydrogens (tertiary/aromatic N) is 3. The van der Waals surface area contributed by atoms with Crippen LogP contribution >= 0.6 is 0 Å². The number of aryl methyl sites for hydroxylation is 2. The van der Waals surface area contributed by atoms with E-state index in [1.54, 1.807) is 23.0 Å². The summed E-state index contributed by atoms with van der Waals surface area (Å²) in [5.41, 5.74) is 10.6. The molecule has 2 atom stereocenters. The highest BCUT2D eigenvalue weighted by Crippen LogP contribution is 2.43. The van der Waals surface area contributed by atoms with Crippen molar-refractivity contribution in [2.75, 3.05) is 5.73 Å². The van der Waals surface area contributed by atoms with Crippen LogP contribution in [0.15, 0.2) is 47.5 Å². The lowest BCUT2D eigenvalue weighted by molar-refractivity contribution is 0.0949. The van der Waals surface area contributed by atoms with Crippen LogP contribution < -0.4 is 16.6 Å². The molecule has 0 spiro atoms. The maximum Gasteiger partial charge on any atom is 0.288 e. The van der Waals surface area contributed by atoms with Crippen LogP contribution in [-0.2, 0) is 6.54 Å². The molecule has 4 aromatic rings. The Bertz CT molecular complexity index is 1440. The first kappa shape index (κ1) is 20.9. The van der Waals surface area contributed by atoms with E-state index >= 15 is 0 Å². The largest absolute Gasteiger partial charge is 0.382 e. The molecule has 1 aromatic carbocycles. The third kappa shape index (κ3) is 3.75. The van der Waals surface area contributed by atoms with Gasteiger partial charge in [0, 0.05) is 35.5 Å². The number of hydrogen-bond donors (Lipinski definition) is 3. The number of pyridine rings is 1. The zero-order valence-corrected chi connectivity index (χ0v) is 18.2. The number of carbonyl (C=O) groups is 1. The van der Waals surface area contributed by atoms with Crippen LogP contribution in [-0.4, -0.2) is 31.8 Å². The Labute approximate surface area is 188 Å². The van der Waals surface area contributed by atoms with Crippen LogP contribution in [0.3, 0.4) is 0 Å². The first-order valence-corrected chi connectivity index (χ1v) is 10.7. The Kier molecular flexibility index (Phi) is 4.96. The topological polar surface area (TPSA) is 119 Å². The van der Waals surface area contributed by atoms with Gasteiger partial charge in [-0.05, 0) is 31.5 Å². The molecule has 1 aliphatic carbocycles. The van der Waals surface area contributed by atoms with E-state index in [2.05, 4.69) is 20.5 Å². The van der Waals surface area contributed by atoms with Crippen molar-refractivity contribution in [1.82, 2.24) is 25.1 Å². The molecule has 0 radical (unpaired) electrons. The van der Waals surface area contributed by atoms with Gasteiger partial charge in [0.25, 0.3) is 11.5 Å². The van der Waals surface area contributed by atoms with Gasteiger partial charge in [-0.15, -0.1) is 0 Å². The lowest BCUT2D eigenvalue weighted by Gasteiger charge is -2.09. The minimum absolute atomic E-state index is 0.159. The van der Waals surface area contributed by atoms with Gasteiger partial charge in [-0.1, -0.05) is 23.8 Å². The van der Waals surface area contributed by atoms with Crippen LogP contribution in [0.25, 0.3) is 22.0 Å². The number of H-pyrrole nitrogens is 1. The number of aromatic nitrogens is 4. The number of amides is 1. The first-order valence-electron chi connectivity index (χ1n) is 10.7. The zero-order valence-electron chi connectivity index (χ0n) is 18.2. The number of hydrogen-bond acceptors (Lipinski definition) is 5. The number of halogens is 1. The smallest absolute Gasteiger partial charge is 0.288 e. The van der Waals surface area contributed by atoms with Gasteiger partial charge in [-0.2, -0.15) is 5.10 Å². The summed E-state index contributed by atoms with van der Waals surface area (Å²) in [6, 6.07) is 9.01. The van der Waals surface area contributed by atoms with Gasteiger partial charge in [0.1, 0.15) is 11.7 Å². The fourth-order valence-corrected chi connectivity index (χ4v) is 4.09. The van der Waals surface area contributed by atoms with E-state index in [9.17, 15) is 14.0 Å². The predicted octanol–water partition coefficient (Wildman–Crippen LogP) is 3.20. The number of benzene rings is 1. The fourth-order valence-electron chi connectivity index (χ4n) is 4.09. The van der Waals surface area contributed by atoms with Crippen LogP contribution in [0.4, 0.5) is 10.2 Å². The monoisotopic (exact) mass is 446 g/mol. The molecule has 8 nitrogen and oxygen atoms in total.